The van der Waals surface area contributed by atoms with Crippen molar-refractivity contribution in [3.63, 3.8) is 0 Å². The van der Waals surface area contributed by atoms with E-state index in [9.17, 15) is 14.7 Å². The van der Waals surface area contributed by atoms with Gasteiger partial charge in [0.1, 0.15) is 18.2 Å². The van der Waals surface area contributed by atoms with Crippen LogP contribution in [0, 0.1) is 5.92 Å². The van der Waals surface area contributed by atoms with Gasteiger partial charge in [-0.2, -0.15) is 0 Å². The van der Waals surface area contributed by atoms with Gasteiger partial charge in [0.25, 0.3) is 0 Å². The first kappa shape index (κ1) is 18.7. The fourth-order valence-corrected chi connectivity index (χ4v) is 2.93. The summed E-state index contributed by atoms with van der Waals surface area (Å²) in [4.78, 5) is 32.5. The van der Waals surface area contributed by atoms with Crippen LogP contribution in [-0.2, 0) is 16.1 Å². The molecule has 1 atom stereocenters. The molecule has 3 aromatic rings. The average molecular weight is 367 g/mol. The smallest absolute Gasteiger partial charge is 0.337 e. The van der Waals surface area contributed by atoms with E-state index >= 15 is 0 Å². The minimum atomic E-state index is -1.06. The molecule has 0 amide bonds. The number of nitrogens with zero attached hydrogens (tertiary/aromatic N) is 2. The molecule has 7 heteroatoms. The van der Waals surface area contributed by atoms with Crippen LogP contribution in [0.1, 0.15) is 36.2 Å². The molecular weight excluding hydrogens is 346 g/mol. The van der Waals surface area contributed by atoms with E-state index in [4.69, 9.17) is 10.5 Å². The van der Waals surface area contributed by atoms with Gasteiger partial charge in [0.15, 0.2) is 0 Å². The van der Waals surface area contributed by atoms with Gasteiger partial charge in [0.05, 0.1) is 22.1 Å². The van der Waals surface area contributed by atoms with Gasteiger partial charge in [-0.05, 0) is 30.5 Å². The Hall–Kier alpha value is -3.06. The third kappa shape index (κ3) is 4.03. The van der Waals surface area contributed by atoms with Crippen LogP contribution in [0.5, 0.6) is 0 Å². The predicted molar refractivity (Wildman–Crippen MR) is 101 cm³/mol. The molecule has 1 aromatic heterocycles. The lowest BCUT2D eigenvalue weighted by molar-refractivity contribution is -0.146. The number of carboxylic acid groups (broad SMARTS) is 1. The summed E-state index contributed by atoms with van der Waals surface area (Å²) < 4.78 is 5.35. The molecular formula is C20H21N3O4. The van der Waals surface area contributed by atoms with Crippen molar-refractivity contribution in [2.45, 2.75) is 32.9 Å². The molecule has 27 heavy (non-hydrogen) atoms. The zero-order valence-corrected chi connectivity index (χ0v) is 15.2. The number of hydrogen-bond donors (Lipinski definition) is 2. The van der Waals surface area contributed by atoms with Gasteiger partial charge in [-0.25, -0.2) is 14.8 Å². The Labute approximate surface area is 156 Å². The summed E-state index contributed by atoms with van der Waals surface area (Å²) in [5.41, 5.74) is 8.54. The number of para-hydroxylation sites is 2. The summed E-state index contributed by atoms with van der Waals surface area (Å²) in [5, 5.41) is 9.33. The highest BCUT2D eigenvalue weighted by molar-refractivity contribution is 6.02. The van der Waals surface area contributed by atoms with Gasteiger partial charge < -0.3 is 15.6 Å². The Morgan fingerprint density at radius 3 is 2.37 bits per heavy atom. The molecule has 0 fully saturated rings. The largest absolute Gasteiger partial charge is 0.478 e. The molecule has 2 aromatic carbocycles. The highest BCUT2D eigenvalue weighted by Crippen LogP contribution is 2.22. The maximum atomic E-state index is 12.1. The molecule has 3 rings (SSSR count). The van der Waals surface area contributed by atoms with Crippen LogP contribution in [0.3, 0.4) is 0 Å². The minimum absolute atomic E-state index is 0.0285. The zero-order chi connectivity index (χ0) is 19.6. The van der Waals surface area contributed by atoms with Gasteiger partial charge in [-0.1, -0.05) is 32.0 Å². The molecule has 3 N–H and O–H groups in total. The van der Waals surface area contributed by atoms with Crippen molar-refractivity contribution in [2.24, 2.45) is 11.7 Å². The number of fused-ring (bicyclic) bond motifs is 2. The standard InChI is InChI=1S/C20H21N3O4/c1-11(2)9-14(21)20(26)27-10-12-5-3-7-15-17(12)22-16-8-4-6-13(19(24)25)18(16)23-15/h3-8,11,14H,9-10,21H2,1-2H3,(H,24,25)/t14-/m0/s1. The Kier molecular flexibility index (Phi) is 5.32. The van der Waals surface area contributed by atoms with Crippen LogP contribution in [0.25, 0.3) is 22.1 Å². The van der Waals surface area contributed by atoms with Gasteiger partial charge >= 0.3 is 11.9 Å². The van der Waals surface area contributed by atoms with E-state index in [1.807, 2.05) is 13.8 Å². The molecule has 0 saturated heterocycles. The number of esters is 1. The van der Waals surface area contributed by atoms with E-state index in [0.717, 1.165) is 0 Å². The SMILES string of the molecule is CC(C)C[C@H](N)C(=O)OCc1cccc2nc3c(C(=O)O)cccc3nc12. The average Bonchev–Trinajstić information content (AvgIpc) is 2.63. The molecule has 1 heterocycles. The summed E-state index contributed by atoms with van der Waals surface area (Å²) >= 11 is 0. The Morgan fingerprint density at radius 1 is 1.07 bits per heavy atom. The van der Waals surface area contributed by atoms with E-state index in [0.29, 0.717) is 40.0 Å². The number of carboxylic acids is 1. The Bertz CT molecular complexity index is 1020. The fourth-order valence-electron chi connectivity index (χ4n) is 2.93. The lowest BCUT2D eigenvalue weighted by atomic mass is 10.1. The lowest BCUT2D eigenvalue weighted by Gasteiger charge is -2.14. The normalized spacial score (nSPS) is 12.4. The number of aromatic carboxylic acids is 1. The number of rotatable bonds is 6. The summed E-state index contributed by atoms with van der Waals surface area (Å²) in [6, 6.07) is 9.47. The minimum Gasteiger partial charge on any atom is -0.478 e. The number of nitrogens with two attached hydrogens (primary N) is 1. The van der Waals surface area contributed by atoms with Gasteiger partial charge in [-0.3, -0.25) is 4.79 Å². The Morgan fingerprint density at radius 2 is 1.70 bits per heavy atom. The van der Waals surface area contributed by atoms with E-state index in [2.05, 4.69) is 9.97 Å². The molecule has 0 bridgehead atoms. The number of carbonyl (C=O) groups excluding carboxylic acids is 1. The quantitative estimate of drug-likeness (QED) is 0.508. The lowest BCUT2D eigenvalue weighted by Crippen LogP contribution is -2.33. The molecule has 7 nitrogen and oxygen atoms in total. The summed E-state index contributed by atoms with van der Waals surface area (Å²) in [5.74, 6) is -1.22. The number of carbonyl (C=O) groups is 2. The van der Waals surface area contributed by atoms with Gasteiger partial charge in [-0.15, -0.1) is 0 Å². The van der Waals surface area contributed by atoms with E-state index in [-0.39, 0.29) is 12.2 Å². The van der Waals surface area contributed by atoms with Gasteiger partial charge in [0.2, 0.25) is 0 Å². The third-order valence-corrected chi connectivity index (χ3v) is 4.21. The fraction of sp³-hybridized carbons (Fsp3) is 0.300. The molecule has 0 aliphatic carbocycles. The third-order valence-electron chi connectivity index (χ3n) is 4.21. The monoisotopic (exact) mass is 367 g/mol. The highest BCUT2D eigenvalue weighted by Gasteiger charge is 2.18. The molecule has 0 saturated carbocycles. The first-order valence-corrected chi connectivity index (χ1v) is 8.70. The second-order valence-corrected chi connectivity index (χ2v) is 6.83. The van der Waals surface area contributed by atoms with Crippen LogP contribution in [0.2, 0.25) is 0 Å². The summed E-state index contributed by atoms with van der Waals surface area (Å²) in [6.45, 7) is 4.01. The zero-order valence-electron chi connectivity index (χ0n) is 15.2. The van der Waals surface area contributed by atoms with E-state index in [1.165, 1.54) is 6.07 Å². The molecule has 0 aliphatic heterocycles. The maximum absolute atomic E-state index is 12.1. The maximum Gasteiger partial charge on any atom is 0.337 e. The van der Waals surface area contributed by atoms with Crippen molar-refractivity contribution in [1.82, 2.24) is 9.97 Å². The van der Waals surface area contributed by atoms with Crippen LogP contribution >= 0.6 is 0 Å². The second kappa shape index (κ2) is 7.67. The predicted octanol–water partition coefficient (Wildman–Crippen LogP) is 2.90. The molecule has 0 spiro atoms. The number of aromatic nitrogens is 2. The molecule has 140 valence electrons. The first-order chi connectivity index (χ1) is 12.9. The van der Waals surface area contributed by atoms with Crippen molar-refractivity contribution in [3.05, 3.63) is 47.5 Å². The van der Waals surface area contributed by atoms with Crippen molar-refractivity contribution < 1.29 is 19.4 Å². The van der Waals surface area contributed by atoms with Crippen molar-refractivity contribution >= 4 is 34.0 Å². The van der Waals surface area contributed by atoms with Crippen LogP contribution in [-0.4, -0.2) is 33.1 Å². The van der Waals surface area contributed by atoms with Crippen molar-refractivity contribution in [1.29, 1.82) is 0 Å². The topological polar surface area (TPSA) is 115 Å². The number of ether oxygens (including phenoxy) is 1. The highest BCUT2D eigenvalue weighted by atomic mass is 16.5. The van der Waals surface area contributed by atoms with Crippen molar-refractivity contribution in [2.75, 3.05) is 0 Å². The Balaban J connectivity index is 1.93. The van der Waals surface area contributed by atoms with E-state index in [1.54, 1.807) is 30.3 Å². The van der Waals surface area contributed by atoms with Crippen LogP contribution < -0.4 is 5.73 Å². The number of benzene rings is 2. The molecule has 0 unspecified atom stereocenters. The summed E-state index contributed by atoms with van der Waals surface area (Å²) in [7, 11) is 0. The summed E-state index contributed by atoms with van der Waals surface area (Å²) in [6.07, 6.45) is 0.552. The molecule has 0 aliphatic rings. The van der Waals surface area contributed by atoms with Gasteiger partial charge in [0, 0.05) is 5.56 Å². The first-order valence-electron chi connectivity index (χ1n) is 8.70. The van der Waals surface area contributed by atoms with E-state index < -0.39 is 18.0 Å². The van der Waals surface area contributed by atoms with Crippen molar-refractivity contribution in [3.8, 4) is 0 Å². The second-order valence-electron chi connectivity index (χ2n) is 6.83. The molecule has 0 radical (unpaired) electrons. The van der Waals surface area contributed by atoms with Crippen LogP contribution in [0.4, 0.5) is 0 Å². The van der Waals surface area contributed by atoms with Crippen LogP contribution in [0.15, 0.2) is 36.4 Å². The number of hydrogen-bond acceptors (Lipinski definition) is 6.